The molecule has 3 nitrogen and oxygen atoms in total. The summed E-state index contributed by atoms with van der Waals surface area (Å²) in [6.45, 7) is 4.12. The number of hydrazine groups is 1. The molecule has 0 radical (unpaired) electrons. The van der Waals surface area contributed by atoms with E-state index in [1.54, 1.807) is 0 Å². The molecule has 1 rings (SSSR count). The number of hydrogen-bond acceptors (Lipinski definition) is 3. The molecule has 0 spiro atoms. The molecule has 1 aliphatic heterocycles. The maximum absolute atomic E-state index is 5.49. The Labute approximate surface area is 52.0 Å². The highest BCUT2D eigenvalue weighted by Gasteiger charge is 2.08. The first-order valence-corrected chi connectivity index (χ1v) is 3.30. The summed E-state index contributed by atoms with van der Waals surface area (Å²) in [6, 6.07) is 0. The zero-order valence-corrected chi connectivity index (χ0v) is 6.03. The van der Waals surface area contributed by atoms with Crippen LogP contribution in [-0.2, 0) is 0 Å². The van der Waals surface area contributed by atoms with Crippen LogP contribution in [0.25, 0.3) is 0 Å². The second kappa shape index (κ2) is 2.74. The van der Waals surface area contributed by atoms with Gasteiger partial charge in [-0.25, -0.2) is 5.01 Å². The van der Waals surface area contributed by atoms with Gasteiger partial charge in [0.05, 0.1) is 0 Å². The van der Waals surface area contributed by atoms with Crippen molar-refractivity contribution in [3.05, 3.63) is 0 Å². The van der Waals surface area contributed by atoms with E-state index in [-0.39, 0.29) is 0 Å². The van der Waals surface area contributed by atoms with Crippen molar-refractivity contribution in [1.82, 2.24) is 9.68 Å². The lowest BCUT2D eigenvalue weighted by atomic mass is 10.4. The van der Waals surface area contributed by atoms with E-state index >= 15 is 0 Å². The van der Waals surface area contributed by atoms with Crippen molar-refractivity contribution < 1.29 is 0 Å². The minimum atomic E-state index is 0.990. The van der Waals surface area contributed by atoms with Crippen LogP contribution in [0.2, 0.25) is 0 Å². The van der Waals surface area contributed by atoms with E-state index in [0.717, 1.165) is 26.2 Å². The molecule has 0 aromatic heterocycles. The van der Waals surface area contributed by atoms with Crippen molar-refractivity contribution in [3.63, 3.8) is 0 Å². The minimum Gasteiger partial charge on any atom is -0.285 e. The van der Waals surface area contributed by atoms with Gasteiger partial charge in [-0.2, -0.15) is 0 Å². The Kier molecular flexibility index (Phi) is 2.20. The summed E-state index contributed by atoms with van der Waals surface area (Å²) in [4.78, 5) is 0. The molecule has 2 N–H and O–H groups in total. The van der Waals surface area contributed by atoms with E-state index in [0.29, 0.717) is 0 Å². The Morgan fingerprint density at radius 2 is 1.62 bits per heavy atom. The Bertz CT molecular complexity index is 59.7. The summed E-state index contributed by atoms with van der Waals surface area (Å²) in [5, 5.41) is 1.85. The van der Waals surface area contributed by atoms with Gasteiger partial charge in [0, 0.05) is 26.2 Å². The second-order valence-corrected chi connectivity index (χ2v) is 2.80. The van der Waals surface area contributed by atoms with Crippen molar-refractivity contribution in [2.45, 2.75) is 0 Å². The molecule has 1 aliphatic rings. The van der Waals surface area contributed by atoms with E-state index in [4.69, 9.17) is 5.84 Å². The van der Waals surface area contributed by atoms with Crippen LogP contribution in [0.3, 0.4) is 0 Å². The third-order valence-electron chi connectivity index (χ3n) is 1.35. The molecule has 4 heteroatoms. The first-order valence-electron chi connectivity index (χ1n) is 2.78. The summed E-state index contributed by atoms with van der Waals surface area (Å²) >= 11 is 0. The number of hydrogen-bond donors (Lipinski definition) is 1. The van der Waals surface area contributed by atoms with Crippen LogP contribution in [0.5, 0.6) is 0 Å². The Morgan fingerprint density at radius 3 is 2.00 bits per heavy atom. The summed E-state index contributed by atoms with van der Waals surface area (Å²) in [5.41, 5.74) is 0. The van der Waals surface area contributed by atoms with Gasteiger partial charge in [-0.05, 0) is 0 Å². The number of nitrogens with zero attached hydrogens (tertiary/aromatic N) is 2. The third kappa shape index (κ3) is 1.67. The predicted molar refractivity (Wildman–Crippen MR) is 37.0 cm³/mol. The average molecular weight is 133 g/mol. The van der Waals surface area contributed by atoms with E-state index in [2.05, 4.69) is 14.1 Å². The molecule has 1 heterocycles. The SMILES string of the molecule is NN1CCN(P)CC1. The summed E-state index contributed by atoms with van der Waals surface area (Å²) in [7, 11) is 2.67. The van der Waals surface area contributed by atoms with Gasteiger partial charge in [-0.3, -0.25) is 10.5 Å². The van der Waals surface area contributed by atoms with Crippen molar-refractivity contribution in [1.29, 1.82) is 0 Å². The predicted octanol–water partition coefficient (Wildman–Crippen LogP) is -0.732. The molecular weight excluding hydrogens is 121 g/mol. The fourth-order valence-corrected chi connectivity index (χ4v) is 0.968. The fraction of sp³-hybridized carbons (Fsp3) is 1.00. The van der Waals surface area contributed by atoms with Crippen LogP contribution in [0.1, 0.15) is 0 Å². The molecule has 0 aromatic rings. The fourth-order valence-electron chi connectivity index (χ4n) is 0.737. The first kappa shape index (κ1) is 6.43. The zero-order valence-electron chi connectivity index (χ0n) is 4.88. The lowest BCUT2D eigenvalue weighted by molar-refractivity contribution is 0.200. The number of rotatable bonds is 0. The summed E-state index contributed by atoms with van der Waals surface area (Å²) < 4.78 is 2.20. The monoisotopic (exact) mass is 133 g/mol. The molecule has 0 aliphatic carbocycles. The molecule has 48 valence electrons. The molecular formula is C4H12N3P. The van der Waals surface area contributed by atoms with Gasteiger partial charge < -0.3 is 0 Å². The van der Waals surface area contributed by atoms with Crippen LogP contribution in [0, 0.1) is 0 Å². The molecule has 1 saturated heterocycles. The highest BCUT2D eigenvalue weighted by molar-refractivity contribution is 7.13. The summed E-state index contributed by atoms with van der Waals surface area (Å²) in [5.74, 6) is 5.49. The minimum absolute atomic E-state index is 0.990. The normalized spacial score (nSPS) is 26.2. The standard InChI is InChI=1S/C4H12N3P/c5-6-1-3-7(8)4-2-6/h1-5,8H2. The van der Waals surface area contributed by atoms with Crippen LogP contribution in [-0.4, -0.2) is 35.9 Å². The lowest BCUT2D eigenvalue weighted by Gasteiger charge is -2.28. The largest absolute Gasteiger partial charge is 0.285 e. The summed E-state index contributed by atoms with van der Waals surface area (Å²) in [6.07, 6.45) is 0. The Morgan fingerprint density at radius 1 is 1.12 bits per heavy atom. The molecule has 0 amide bonds. The smallest absolute Gasteiger partial charge is 0.0260 e. The molecule has 8 heavy (non-hydrogen) atoms. The zero-order chi connectivity index (χ0) is 5.98. The third-order valence-corrected chi connectivity index (χ3v) is 1.87. The quantitative estimate of drug-likeness (QED) is 0.349. The second-order valence-electron chi connectivity index (χ2n) is 2.07. The van der Waals surface area contributed by atoms with Gasteiger partial charge in [-0.15, -0.1) is 0 Å². The Hall–Kier alpha value is 0.310. The van der Waals surface area contributed by atoms with Crippen LogP contribution in [0.4, 0.5) is 0 Å². The molecule has 1 fully saturated rings. The van der Waals surface area contributed by atoms with Crippen molar-refractivity contribution in [3.8, 4) is 0 Å². The first-order chi connectivity index (χ1) is 3.79. The van der Waals surface area contributed by atoms with E-state index in [1.807, 2.05) is 5.01 Å². The van der Waals surface area contributed by atoms with Gasteiger partial charge >= 0.3 is 0 Å². The van der Waals surface area contributed by atoms with Crippen LogP contribution in [0.15, 0.2) is 0 Å². The van der Waals surface area contributed by atoms with Gasteiger partial charge in [0.1, 0.15) is 0 Å². The molecule has 1 atom stereocenters. The highest BCUT2D eigenvalue weighted by Crippen LogP contribution is 2.01. The molecule has 0 bridgehead atoms. The van der Waals surface area contributed by atoms with Crippen molar-refractivity contribution in [2.75, 3.05) is 26.2 Å². The highest BCUT2D eigenvalue weighted by atomic mass is 31.0. The van der Waals surface area contributed by atoms with E-state index < -0.39 is 0 Å². The lowest BCUT2D eigenvalue weighted by Crippen LogP contribution is -2.45. The molecule has 1 unspecified atom stereocenters. The maximum Gasteiger partial charge on any atom is 0.0260 e. The van der Waals surface area contributed by atoms with Crippen LogP contribution < -0.4 is 5.84 Å². The number of nitrogens with two attached hydrogens (primary N) is 1. The molecule has 0 saturated carbocycles. The van der Waals surface area contributed by atoms with E-state index in [1.165, 1.54) is 0 Å². The average Bonchev–Trinajstić information content (AvgIpc) is 1.77. The van der Waals surface area contributed by atoms with Gasteiger partial charge in [0.15, 0.2) is 0 Å². The Balaban J connectivity index is 2.19. The van der Waals surface area contributed by atoms with Gasteiger partial charge in [-0.1, -0.05) is 9.39 Å². The maximum atomic E-state index is 5.49. The van der Waals surface area contributed by atoms with Crippen molar-refractivity contribution >= 4 is 9.39 Å². The van der Waals surface area contributed by atoms with Gasteiger partial charge in [0.2, 0.25) is 0 Å². The van der Waals surface area contributed by atoms with Crippen LogP contribution >= 0.6 is 9.39 Å². The van der Waals surface area contributed by atoms with Crippen molar-refractivity contribution in [2.24, 2.45) is 5.84 Å². The van der Waals surface area contributed by atoms with Gasteiger partial charge in [0.25, 0.3) is 0 Å². The number of piperazine rings is 1. The topological polar surface area (TPSA) is 32.5 Å². The molecule has 0 aromatic carbocycles. The van der Waals surface area contributed by atoms with E-state index in [9.17, 15) is 0 Å².